The number of anilines is 1. The second-order valence-corrected chi connectivity index (χ2v) is 10.1. The minimum atomic E-state index is -3.33. The van der Waals surface area contributed by atoms with E-state index < -0.39 is 9.84 Å². The van der Waals surface area contributed by atoms with Crippen molar-refractivity contribution < 1.29 is 13.2 Å². The summed E-state index contributed by atoms with van der Waals surface area (Å²) in [7, 11) is -3.33. The van der Waals surface area contributed by atoms with Gasteiger partial charge in [0, 0.05) is 28.9 Å². The van der Waals surface area contributed by atoms with Crippen molar-refractivity contribution in [2.75, 3.05) is 5.32 Å². The lowest BCUT2D eigenvalue weighted by Gasteiger charge is -2.11. The number of hydrogen-bond acceptors (Lipinski definition) is 6. The van der Waals surface area contributed by atoms with E-state index in [1.54, 1.807) is 17.6 Å². The first-order valence-electron chi connectivity index (χ1n) is 9.17. The molecule has 1 N–H and O–H groups in total. The summed E-state index contributed by atoms with van der Waals surface area (Å²) in [4.78, 5) is 21.1. The fraction of sp³-hybridized carbons (Fsp3) is 0.421. The van der Waals surface area contributed by atoms with Crippen molar-refractivity contribution >= 4 is 37.8 Å². The molecule has 0 saturated heterocycles. The number of carbonyl (C=O) groups is 1. The van der Waals surface area contributed by atoms with Gasteiger partial charge in [0.25, 0.3) is 5.91 Å². The van der Waals surface area contributed by atoms with Gasteiger partial charge in [-0.3, -0.25) is 10.1 Å². The van der Waals surface area contributed by atoms with Crippen LogP contribution in [0.25, 0.3) is 5.57 Å². The number of sulfone groups is 1. The molecule has 1 amide bonds. The minimum absolute atomic E-state index is 0.0919. The molecular formula is C19H21N3O3S2. The van der Waals surface area contributed by atoms with Crippen LogP contribution in [0.2, 0.25) is 0 Å². The molecule has 4 rings (SSSR count). The molecule has 0 aromatic carbocycles. The van der Waals surface area contributed by atoms with Crippen LogP contribution in [0.15, 0.2) is 41.0 Å². The number of thiazole rings is 1. The summed E-state index contributed by atoms with van der Waals surface area (Å²) >= 11 is 1.36. The molecule has 0 radical (unpaired) electrons. The third-order valence-electron chi connectivity index (χ3n) is 5.00. The van der Waals surface area contributed by atoms with Crippen LogP contribution in [0.5, 0.6) is 0 Å². The normalized spacial score (nSPS) is 18.6. The average Bonchev–Trinajstić information content (AvgIpc) is 3.18. The Hall–Kier alpha value is -2.06. The topological polar surface area (TPSA) is 89.0 Å². The summed E-state index contributed by atoms with van der Waals surface area (Å²) in [5, 5.41) is 4.96. The predicted octanol–water partition coefficient (Wildman–Crippen LogP) is 3.69. The van der Waals surface area contributed by atoms with Crippen molar-refractivity contribution in [3.8, 4) is 0 Å². The Morgan fingerprint density at radius 3 is 2.52 bits per heavy atom. The van der Waals surface area contributed by atoms with Gasteiger partial charge in [0.1, 0.15) is 0 Å². The van der Waals surface area contributed by atoms with Crippen LogP contribution in [0.3, 0.4) is 0 Å². The van der Waals surface area contributed by atoms with E-state index in [2.05, 4.69) is 15.3 Å². The van der Waals surface area contributed by atoms with Crippen molar-refractivity contribution in [1.82, 2.24) is 9.97 Å². The van der Waals surface area contributed by atoms with Crippen molar-refractivity contribution in [3.05, 3.63) is 41.5 Å². The van der Waals surface area contributed by atoms with Crippen LogP contribution in [-0.2, 0) is 14.6 Å². The second kappa shape index (κ2) is 7.52. The number of nitrogens with one attached hydrogen (secondary N) is 1. The monoisotopic (exact) mass is 403 g/mol. The zero-order valence-corrected chi connectivity index (χ0v) is 16.4. The molecule has 2 aromatic heterocycles. The molecule has 27 heavy (non-hydrogen) atoms. The molecule has 0 aliphatic heterocycles. The van der Waals surface area contributed by atoms with E-state index in [0.29, 0.717) is 35.0 Å². The predicted molar refractivity (Wildman–Crippen MR) is 105 cm³/mol. The van der Waals surface area contributed by atoms with Gasteiger partial charge >= 0.3 is 0 Å². The molecule has 2 aromatic rings. The van der Waals surface area contributed by atoms with Gasteiger partial charge in [-0.1, -0.05) is 18.9 Å². The first-order valence-corrected chi connectivity index (χ1v) is 11.6. The van der Waals surface area contributed by atoms with Gasteiger partial charge in [-0.25, -0.2) is 18.4 Å². The summed E-state index contributed by atoms with van der Waals surface area (Å²) in [6, 6.07) is 3.20. The molecule has 2 fully saturated rings. The van der Waals surface area contributed by atoms with Crippen LogP contribution in [0.1, 0.15) is 44.1 Å². The summed E-state index contributed by atoms with van der Waals surface area (Å²) in [5.74, 6) is 0.119. The van der Waals surface area contributed by atoms with Gasteiger partial charge in [-0.15, -0.1) is 11.3 Å². The molecule has 2 aliphatic rings. The Bertz CT molecular complexity index is 941. The maximum Gasteiger partial charge on any atom is 0.257 e. The molecule has 142 valence electrons. The smallest absolute Gasteiger partial charge is 0.257 e. The van der Waals surface area contributed by atoms with Crippen molar-refractivity contribution in [3.63, 3.8) is 0 Å². The highest BCUT2D eigenvalue weighted by Crippen LogP contribution is 2.33. The number of hydrogen-bond donors (Lipinski definition) is 1. The fourth-order valence-electron chi connectivity index (χ4n) is 3.37. The second-order valence-electron chi connectivity index (χ2n) is 7.05. The zero-order chi connectivity index (χ0) is 18.9. The average molecular weight is 404 g/mol. The molecule has 0 atom stereocenters. The molecule has 2 aliphatic carbocycles. The highest BCUT2D eigenvalue weighted by atomic mass is 32.2. The molecule has 0 unspecified atom stereocenters. The number of rotatable bonds is 6. The van der Waals surface area contributed by atoms with Gasteiger partial charge in [-0.05, 0) is 43.7 Å². The molecule has 0 bridgehead atoms. The van der Waals surface area contributed by atoms with Crippen LogP contribution < -0.4 is 5.32 Å². The Labute approximate surface area is 162 Å². The van der Waals surface area contributed by atoms with Crippen molar-refractivity contribution in [2.24, 2.45) is 5.92 Å². The van der Waals surface area contributed by atoms with Crippen molar-refractivity contribution in [2.45, 2.75) is 48.8 Å². The van der Waals surface area contributed by atoms with Crippen LogP contribution >= 0.6 is 11.3 Å². The van der Waals surface area contributed by atoms with Gasteiger partial charge < -0.3 is 0 Å². The van der Waals surface area contributed by atoms with Crippen LogP contribution in [-0.4, -0.2) is 29.5 Å². The summed E-state index contributed by atoms with van der Waals surface area (Å²) < 4.78 is 24.7. The minimum Gasteiger partial charge on any atom is -0.298 e. The summed E-state index contributed by atoms with van der Waals surface area (Å²) in [5.41, 5.74) is 1.16. The fourth-order valence-corrected chi connectivity index (χ4v) is 5.45. The van der Waals surface area contributed by atoms with E-state index in [4.69, 9.17) is 0 Å². The van der Waals surface area contributed by atoms with Crippen LogP contribution in [0.4, 0.5) is 5.13 Å². The summed E-state index contributed by atoms with van der Waals surface area (Å²) in [6.07, 6.45) is 11.0. The van der Waals surface area contributed by atoms with Crippen molar-refractivity contribution in [1.29, 1.82) is 0 Å². The lowest BCUT2D eigenvalue weighted by molar-refractivity contribution is -0.111. The number of nitrogens with zero attached hydrogens (tertiary/aromatic N) is 2. The third kappa shape index (κ3) is 4.11. The first kappa shape index (κ1) is 18.3. The van der Waals surface area contributed by atoms with E-state index >= 15 is 0 Å². The Kier molecular flexibility index (Phi) is 5.10. The molecule has 6 nitrogen and oxygen atoms in total. The molecule has 0 spiro atoms. The first-order chi connectivity index (χ1) is 13.0. The maximum atomic E-state index is 12.8. The Morgan fingerprint density at radius 1 is 1.15 bits per heavy atom. The number of aromatic nitrogens is 2. The van der Waals surface area contributed by atoms with Gasteiger partial charge in [0.2, 0.25) is 0 Å². The number of amides is 1. The lowest BCUT2D eigenvalue weighted by Crippen LogP contribution is -2.15. The third-order valence-corrected chi connectivity index (χ3v) is 7.86. The van der Waals surface area contributed by atoms with E-state index in [-0.39, 0.29) is 16.2 Å². The summed E-state index contributed by atoms with van der Waals surface area (Å²) in [6.45, 7) is 0. The Morgan fingerprint density at radius 2 is 1.93 bits per heavy atom. The zero-order valence-electron chi connectivity index (χ0n) is 14.8. The Balaban J connectivity index is 1.62. The SMILES string of the molecule is O=C(Nc1nccs1)C(=CC1CCCC1)c1ccc(S(=O)(=O)C2CC2)nc1. The van der Waals surface area contributed by atoms with E-state index in [1.807, 2.05) is 6.08 Å². The molecule has 2 saturated carbocycles. The van der Waals surface area contributed by atoms with Gasteiger partial charge in [-0.2, -0.15) is 0 Å². The van der Waals surface area contributed by atoms with Gasteiger partial charge in [0.15, 0.2) is 20.0 Å². The number of allylic oxidation sites excluding steroid dienone is 1. The van der Waals surface area contributed by atoms with Gasteiger partial charge in [0.05, 0.1) is 5.25 Å². The lowest BCUT2D eigenvalue weighted by atomic mass is 9.99. The van der Waals surface area contributed by atoms with E-state index in [0.717, 1.165) is 12.8 Å². The highest BCUT2D eigenvalue weighted by molar-refractivity contribution is 7.92. The number of pyridine rings is 1. The highest BCUT2D eigenvalue weighted by Gasteiger charge is 2.37. The van der Waals surface area contributed by atoms with E-state index in [9.17, 15) is 13.2 Å². The quantitative estimate of drug-likeness (QED) is 0.743. The molecular weight excluding hydrogens is 382 g/mol. The largest absolute Gasteiger partial charge is 0.298 e. The molecule has 8 heteroatoms. The number of carbonyl (C=O) groups excluding carboxylic acids is 1. The van der Waals surface area contributed by atoms with E-state index in [1.165, 1.54) is 36.4 Å². The molecule has 2 heterocycles. The maximum absolute atomic E-state index is 12.8. The standard InChI is InChI=1S/C19H21N3O3S2/c23-18(22-19-20-9-10-26-19)16(11-13-3-1-2-4-13)14-5-8-17(21-12-14)27(24,25)15-6-7-15/h5,8-13,15H,1-4,6-7H2,(H,20,22,23). The van der Waals surface area contributed by atoms with Crippen LogP contribution in [0, 0.1) is 5.92 Å².